The van der Waals surface area contributed by atoms with E-state index in [1.807, 2.05) is 24.3 Å². The number of anilines is 6. The van der Waals surface area contributed by atoms with Crippen molar-refractivity contribution in [2.24, 2.45) is 0 Å². The topological polar surface area (TPSA) is 59.0 Å². The molecule has 0 amide bonds. The summed E-state index contributed by atoms with van der Waals surface area (Å²) in [4.78, 5) is 4.70. The van der Waals surface area contributed by atoms with Crippen molar-refractivity contribution in [1.82, 2.24) is 0 Å². The van der Waals surface area contributed by atoms with Crippen LogP contribution in [-0.2, 0) is 0 Å². The predicted molar refractivity (Wildman–Crippen MR) is 308 cm³/mol. The molecular formula is C68H48N2O4. The third-order valence-corrected chi connectivity index (χ3v) is 15.3. The molecule has 6 nitrogen and oxygen atoms in total. The minimum absolute atomic E-state index is 0.426. The maximum absolute atomic E-state index is 6.74. The van der Waals surface area contributed by atoms with E-state index >= 15 is 0 Å². The molecule has 6 heteroatoms. The Balaban J connectivity index is 0.837. The van der Waals surface area contributed by atoms with E-state index in [2.05, 4.69) is 219 Å². The van der Waals surface area contributed by atoms with Crippen LogP contribution in [-0.4, -0.2) is 0 Å². The Labute approximate surface area is 425 Å². The molecule has 0 fully saturated rings. The highest BCUT2D eigenvalue weighted by atomic mass is 16.3. The lowest BCUT2D eigenvalue weighted by Gasteiger charge is -2.27. The molecule has 0 radical (unpaired) electrons. The largest absolute Gasteiger partial charge is 0.456 e. The van der Waals surface area contributed by atoms with Crippen LogP contribution < -0.4 is 9.80 Å². The summed E-state index contributed by atoms with van der Waals surface area (Å²) >= 11 is 0. The van der Waals surface area contributed by atoms with E-state index in [0.717, 1.165) is 143 Å². The van der Waals surface area contributed by atoms with Crippen LogP contribution in [0.4, 0.5) is 34.1 Å². The van der Waals surface area contributed by atoms with Gasteiger partial charge in [0.1, 0.15) is 44.7 Å². The first kappa shape index (κ1) is 42.4. The molecule has 0 saturated heterocycles. The van der Waals surface area contributed by atoms with Gasteiger partial charge in [-0.05, 0) is 160 Å². The number of rotatable bonds is 8. The highest BCUT2D eigenvalue weighted by Crippen LogP contribution is 2.47. The molecule has 0 spiro atoms. The molecule has 0 aliphatic heterocycles. The fourth-order valence-electron chi connectivity index (χ4n) is 11.5. The monoisotopic (exact) mass is 956 g/mol. The van der Waals surface area contributed by atoms with E-state index < -0.39 is 0 Å². The first-order valence-corrected chi connectivity index (χ1v) is 25.6. The normalized spacial score (nSPS) is 12.3. The van der Waals surface area contributed by atoms with Gasteiger partial charge in [-0.1, -0.05) is 113 Å². The molecule has 11 aromatic carbocycles. The van der Waals surface area contributed by atoms with Gasteiger partial charge in [-0.25, -0.2) is 0 Å². The zero-order valence-electron chi connectivity index (χ0n) is 41.3. The Hall–Kier alpha value is -9.26. The number of fused-ring (bicyclic) bond motifs is 14. The minimum Gasteiger partial charge on any atom is -0.456 e. The zero-order valence-corrected chi connectivity index (χ0v) is 41.3. The lowest BCUT2D eigenvalue weighted by atomic mass is 10.0. The Kier molecular flexibility index (Phi) is 9.24. The molecule has 0 aliphatic rings. The molecule has 4 aromatic heterocycles. The second-order valence-electron chi connectivity index (χ2n) is 20.5. The second kappa shape index (κ2) is 16.1. The van der Waals surface area contributed by atoms with Crippen molar-refractivity contribution in [2.75, 3.05) is 9.80 Å². The van der Waals surface area contributed by atoms with Gasteiger partial charge in [-0.3, -0.25) is 0 Å². The van der Waals surface area contributed by atoms with Crippen molar-refractivity contribution < 1.29 is 17.7 Å². The second-order valence-corrected chi connectivity index (χ2v) is 20.5. The van der Waals surface area contributed by atoms with Crippen LogP contribution >= 0.6 is 0 Å². The van der Waals surface area contributed by atoms with Crippen LogP contribution in [0.5, 0.6) is 0 Å². The van der Waals surface area contributed by atoms with E-state index in [-0.39, 0.29) is 0 Å². The number of hydrogen-bond donors (Lipinski definition) is 0. The van der Waals surface area contributed by atoms with Crippen molar-refractivity contribution in [3.63, 3.8) is 0 Å². The van der Waals surface area contributed by atoms with Crippen LogP contribution in [0.15, 0.2) is 224 Å². The summed E-state index contributed by atoms with van der Waals surface area (Å²) in [5.41, 5.74) is 15.7. The Bertz CT molecular complexity index is 4440. The standard InChI is InChI=1S/C68H48N2O4/c1-39(2)41-19-25-47(26-20-41)69(57-13-9-17-61-67(57)51-11-5-7-15-59(51)71-61)49-29-23-43-33-53-55-37-56-54-34-44-24-30-50(32-46(44)36-64(54)74-66(56)38-65(55)73-63(53)35-45(43)31-49)70(48-27-21-42(22-28-48)40(3)4)58-14-10-18-62-68(58)52-12-6-8-16-60(52)72-62/h5-40H,1-4H3. The van der Waals surface area contributed by atoms with Crippen LogP contribution in [0.25, 0.3) is 109 Å². The fourth-order valence-corrected chi connectivity index (χ4v) is 11.5. The van der Waals surface area contributed by atoms with Crippen LogP contribution in [0.1, 0.15) is 50.7 Å². The lowest BCUT2D eigenvalue weighted by molar-refractivity contribution is 0.656. The van der Waals surface area contributed by atoms with Gasteiger partial charge in [-0.2, -0.15) is 0 Å². The summed E-state index contributed by atoms with van der Waals surface area (Å²) in [6, 6.07) is 73.9. The molecular weight excluding hydrogens is 909 g/mol. The molecule has 0 atom stereocenters. The van der Waals surface area contributed by atoms with Crippen LogP contribution in [0.2, 0.25) is 0 Å². The maximum Gasteiger partial charge on any atom is 0.139 e. The molecule has 354 valence electrons. The van der Waals surface area contributed by atoms with E-state index in [1.165, 1.54) is 11.1 Å². The number of furan rings is 4. The molecule has 0 unspecified atom stereocenters. The smallest absolute Gasteiger partial charge is 0.139 e. The number of nitrogens with zero attached hydrogens (tertiary/aromatic N) is 2. The Morgan fingerprint density at radius 3 is 1.09 bits per heavy atom. The summed E-state index contributed by atoms with van der Waals surface area (Å²) < 4.78 is 26.3. The molecule has 74 heavy (non-hydrogen) atoms. The van der Waals surface area contributed by atoms with Crippen molar-refractivity contribution in [2.45, 2.75) is 39.5 Å². The predicted octanol–water partition coefficient (Wildman–Crippen LogP) is 20.8. The van der Waals surface area contributed by atoms with Crippen molar-refractivity contribution in [1.29, 1.82) is 0 Å². The van der Waals surface area contributed by atoms with E-state index in [1.54, 1.807) is 0 Å². The zero-order chi connectivity index (χ0) is 49.3. The molecule has 0 bridgehead atoms. The molecule has 0 aliphatic carbocycles. The summed E-state index contributed by atoms with van der Waals surface area (Å²) in [5, 5.41) is 13.0. The summed E-state index contributed by atoms with van der Waals surface area (Å²) in [5.74, 6) is 0.853. The molecule has 0 N–H and O–H groups in total. The van der Waals surface area contributed by atoms with E-state index in [9.17, 15) is 0 Å². The summed E-state index contributed by atoms with van der Waals surface area (Å²) in [6.07, 6.45) is 0. The van der Waals surface area contributed by atoms with Gasteiger partial charge < -0.3 is 27.5 Å². The lowest BCUT2D eigenvalue weighted by Crippen LogP contribution is -2.10. The van der Waals surface area contributed by atoms with Crippen molar-refractivity contribution in [3.05, 3.63) is 217 Å². The number of hydrogen-bond acceptors (Lipinski definition) is 6. The first-order chi connectivity index (χ1) is 36.3. The molecule has 4 heterocycles. The van der Waals surface area contributed by atoms with Gasteiger partial charge in [0.05, 0.1) is 22.1 Å². The van der Waals surface area contributed by atoms with Gasteiger partial charge in [0.15, 0.2) is 0 Å². The van der Waals surface area contributed by atoms with Crippen LogP contribution in [0, 0.1) is 0 Å². The van der Waals surface area contributed by atoms with Gasteiger partial charge in [-0.15, -0.1) is 0 Å². The Morgan fingerprint density at radius 2 is 0.649 bits per heavy atom. The minimum atomic E-state index is 0.426. The van der Waals surface area contributed by atoms with E-state index in [0.29, 0.717) is 11.8 Å². The highest BCUT2D eigenvalue weighted by Gasteiger charge is 2.23. The van der Waals surface area contributed by atoms with E-state index in [4.69, 9.17) is 17.7 Å². The Morgan fingerprint density at radius 1 is 0.270 bits per heavy atom. The van der Waals surface area contributed by atoms with Gasteiger partial charge in [0.25, 0.3) is 0 Å². The van der Waals surface area contributed by atoms with Crippen molar-refractivity contribution >= 4 is 143 Å². The number of benzene rings is 11. The van der Waals surface area contributed by atoms with Gasteiger partial charge in [0.2, 0.25) is 0 Å². The van der Waals surface area contributed by atoms with Crippen molar-refractivity contribution in [3.8, 4) is 0 Å². The summed E-state index contributed by atoms with van der Waals surface area (Å²) in [6.45, 7) is 8.94. The average molecular weight is 957 g/mol. The SMILES string of the molecule is CC(C)c1ccc(N(c2ccc3cc4c(cc3c2)oc2cc3oc5cc6cc(N(c7ccc(C(C)C)cc7)c7cccc8oc9ccccc9c78)ccc6cc5c3cc24)c2cccc3oc4ccccc4c23)cc1. The first-order valence-electron chi connectivity index (χ1n) is 25.6. The third kappa shape index (κ3) is 6.57. The average Bonchev–Trinajstić information content (AvgIpc) is 4.20. The molecule has 0 saturated carbocycles. The third-order valence-electron chi connectivity index (χ3n) is 15.3. The fraction of sp³-hybridized carbons (Fsp3) is 0.0882. The van der Waals surface area contributed by atoms with Crippen LogP contribution in [0.3, 0.4) is 0 Å². The van der Waals surface area contributed by atoms with Gasteiger partial charge >= 0.3 is 0 Å². The highest BCUT2D eigenvalue weighted by molar-refractivity contribution is 6.20. The van der Waals surface area contributed by atoms with Gasteiger partial charge in [0, 0.05) is 61.1 Å². The number of para-hydroxylation sites is 2. The molecule has 15 rings (SSSR count). The molecule has 15 aromatic rings. The summed E-state index contributed by atoms with van der Waals surface area (Å²) in [7, 11) is 0. The maximum atomic E-state index is 6.74. The quantitative estimate of drug-likeness (QED) is 0.151.